The van der Waals surface area contributed by atoms with Crippen LogP contribution in [0.15, 0.2) is 18.2 Å². The van der Waals surface area contributed by atoms with Gasteiger partial charge in [-0.2, -0.15) is 15.9 Å². The molecule has 1 aliphatic rings. The van der Waals surface area contributed by atoms with Gasteiger partial charge in [-0.05, 0) is 49.9 Å². The van der Waals surface area contributed by atoms with Crippen LogP contribution in [0.1, 0.15) is 30.4 Å². The van der Waals surface area contributed by atoms with Crippen molar-refractivity contribution >= 4 is 10.6 Å². The molecule has 1 saturated heterocycles. The minimum absolute atomic E-state index is 0.298. The number of hydrogen-bond donors (Lipinski definition) is 3. The van der Waals surface area contributed by atoms with Gasteiger partial charge in [-0.15, -0.1) is 0 Å². The molecule has 0 aromatic heterocycles. The van der Waals surface area contributed by atoms with E-state index in [1.54, 1.807) is 6.07 Å². The third-order valence-corrected chi connectivity index (χ3v) is 5.70. The Hall–Kier alpha value is -1.13. The molecule has 0 unspecified atom stereocenters. The lowest BCUT2D eigenvalue weighted by molar-refractivity contribution is 0.393. The molecular weight excluding hydrogens is 291 g/mol. The normalized spacial score (nSPS) is 19.9. The predicted molar refractivity (Wildman–Crippen MR) is 82.7 cm³/mol. The molecule has 3 N–H and O–H groups in total. The topological polar surface area (TPSA) is 76.3 Å². The Bertz CT molecular complexity index is 521. The minimum Gasteiger partial charge on any atom is -0.313 e. The zero-order valence-electron chi connectivity index (χ0n) is 11.9. The van der Waals surface area contributed by atoms with E-state index < -0.39 is 10.6 Å². The molecule has 0 amide bonds. The Morgan fingerprint density at radius 3 is 2.71 bits per heavy atom. The molecule has 1 aromatic carbocycles. The van der Waals surface area contributed by atoms with Crippen LogP contribution in [-0.2, 0) is 6.54 Å². The monoisotopic (exact) mass is 312 g/mol. The second-order valence-electron chi connectivity index (χ2n) is 5.54. The molecule has 1 aliphatic heterocycles. The van der Waals surface area contributed by atoms with Gasteiger partial charge < -0.3 is 5.32 Å². The van der Waals surface area contributed by atoms with Crippen LogP contribution in [0.2, 0.25) is 0 Å². The summed E-state index contributed by atoms with van der Waals surface area (Å²) in [5, 5.41) is 12.0. The summed E-state index contributed by atoms with van der Waals surface area (Å²) in [4.78, 5) is 0. The Balaban J connectivity index is 1.72. The third-order valence-electron chi connectivity index (χ3n) is 3.93. The summed E-state index contributed by atoms with van der Waals surface area (Å²) < 4.78 is 32.7. The van der Waals surface area contributed by atoms with Gasteiger partial charge in [0.1, 0.15) is 5.82 Å². The highest BCUT2D eigenvalue weighted by Crippen LogP contribution is 2.46. The van der Waals surface area contributed by atoms with Gasteiger partial charge in [-0.25, -0.2) is 4.39 Å². The van der Waals surface area contributed by atoms with Gasteiger partial charge in [0.2, 0.25) is 0 Å². The quantitative estimate of drug-likeness (QED) is 0.729. The molecule has 0 bridgehead atoms. The van der Waals surface area contributed by atoms with Gasteiger partial charge in [-0.3, -0.25) is 9.11 Å². The van der Waals surface area contributed by atoms with Crippen molar-refractivity contribution in [1.29, 1.82) is 5.26 Å². The highest BCUT2D eigenvalue weighted by Gasteiger charge is 2.23. The van der Waals surface area contributed by atoms with E-state index in [9.17, 15) is 13.5 Å². The van der Waals surface area contributed by atoms with E-state index >= 15 is 0 Å². The summed E-state index contributed by atoms with van der Waals surface area (Å²) >= 11 is 0. The Morgan fingerprint density at radius 1 is 1.33 bits per heavy atom. The first-order valence-electron chi connectivity index (χ1n) is 7.13. The number of nitrogens with zero attached hydrogens (tertiary/aromatic N) is 1. The number of nitrogens with one attached hydrogen (secondary N) is 1. The van der Waals surface area contributed by atoms with Crippen LogP contribution in [0.5, 0.6) is 0 Å². The average molecular weight is 312 g/mol. The van der Waals surface area contributed by atoms with Gasteiger partial charge in [0.25, 0.3) is 0 Å². The van der Waals surface area contributed by atoms with E-state index in [0.717, 1.165) is 25.8 Å². The number of hydrogen-bond acceptors (Lipinski definition) is 4. The standard InChI is InChI=1S/C15H21FN2O2S/c16-15-2-1-13(10-17)9-14(15)11-18-6-3-12-4-7-21(19,20)8-5-12/h1-2,9,12,18-20H,3-8,11H2. The van der Waals surface area contributed by atoms with Crippen LogP contribution in [0.3, 0.4) is 0 Å². The summed E-state index contributed by atoms with van der Waals surface area (Å²) in [7, 11) is -2.30. The first-order chi connectivity index (χ1) is 10.00. The molecule has 21 heavy (non-hydrogen) atoms. The van der Waals surface area contributed by atoms with Gasteiger partial charge in [-0.1, -0.05) is 0 Å². The number of benzene rings is 1. The van der Waals surface area contributed by atoms with E-state index in [0.29, 0.717) is 35.1 Å². The Kier molecular flexibility index (Phi) is 5.59. The van der Waals surface area contributed by atoms with Crippen molar-refractivity contribution in [2.75, 3.05) is 18.1 Å². The fourth-order valence-corrected chi connectivity index (χ4v) is 4.18. The fourth-order valence-electron chi connectivity index (χ4n) is 2.55. The highest BCUT2D eigenvalue weighted by atomic mass is 32.3. The maximum atomic E-state index is 13.6. The van der Waals surface area contributed by atoms with Crippen molar-refractivity contribution in [3.8, 4) is 6.07 Å². The predicted octanol–water partition coefficient (Wildman–Crippen LogP) is 3.34. The van der Waals surface area contributed by atoms with E-state index in [4.69, 9.17) is 5.26 Å². The average Bonchev–Trinajstić information content (AvgIpc) is 2.46. The first-order valence-corrected chi connectivity index (χ1v) is 9.01. The van der Waals surface area contributed by atoms with Crippen molar-refractivity contribution < 1.29 is 13.5 Å². The van der Waals surface area contributed by atoms with E-state index in [1.165, 1.54) is 12.1 Å². The zero-order valence-corrected chi connectivity index (χ0v) is 12.7. The van der Waals surface area contributed by atoms with E-state index in [2.05, 4.69) is 5.32 Å². The SMILES string of the molecule is N#Cc1ccc(F)c(CNCCC2CCS(O)(O)CC2)c1. The smallest absolute Gasteiger partial charge is 0.127 e. The number of halogens is 1. The van der Waals surface area contributed by atoms with Crippen molar-refractivity contribution in [1.82, 2.24) is 5.32 Å². The van der Waals surface area contributed by atoms with Gasteiger partial charge in [0.05, 0.1) is 11.6 Å². The molecule has 0 atom stereocenters. The zero-order chi connectivity index (χ0) is 15.3. The molecule has 4 nitrogen and oxygen atoms in total. The summed E-state index contributed by atoms with van der Waals surface area (Å²) in [6.07, 6.45) is 2.65. The van der Waals surface area contributed by atoms with Gasteiger partial charge in [0, 0.05) is 23.6 Å². The molecule has 0 radical (unpaired) electrons. The second-order valence-corrected chi connectivity index (χ2v) is 7.96. The molecule has 1 aromatic rings. The lowest BCUT2D eigenvalue weighted by Crippen LogP contribution is -2.24. The second kappa shape index (κ2) is 7.23. The molecule has 6 heteroatoms. The third kappa shape index (κ3) is 4.97. The molecule has 0 spiro atoms. The van der Waals surface area contributed by atoms with Crippen molar-refractivity contribution in [3.05, 3.63) is 35.1 Å². The number of nitriles is 1. The lowest BCUT2D eigenvalue weighted by atomic mass is 9.99. The Labute approximate surface area is 126 Å². The minimum atomic E-state index is -2.30. The molecule has 2 rings (SSSR count). The molecule has 1 fully saturated rings. The molecule has 1 heterocycles. The van der Waals surface area contributed by atoms with Crippen LogP contribution in [-0.4, -0.2) is 27.2 Å². The van der Waals surface area contributed by atoms with E-state index in [-0.39, 0.29) is 5.82 Å². The van der Waals surface area contributed by atoms with Gasteiger partial charge >= 0.3 is 0 Å². The van der Waals surface area contributed by atoms with Crippen molar-refractivity contribution in [2.24, 2.45) is 5.92 Å². The van der Waals surface area contributed by atoms with Gasteiger partial charge in [0.15, 0.2) is 0 Å². The number of rotatable bonds is 5. The molecule has 116 valence electrons. The van der Waals surface area contributed by atoms with Crippen LogP contribution in [0.25, 0.3) is 0 Å². The fraction of sp³-hybridized carbons (Fsp3) is 0.533. The van der Waals surface area contributed by atoms with E-state index in [1.807, 2.05) is 6.07 Å². The summed E-state index contributed by atoms with van der Waals surface area (Å²) in [6, 6.07) is 6.36. The summed E-state index contributed by atoms with van der Waals surface area (Å²) in [5.41, 5.74) is 0.970. The first kappa shape index (κ1) is 16.2. The Morgan fingerprint density at radius 2 is 2.05 bits per heavy atom. The molecule has 0 saturated carbocycles. The maximum Gasteiger partial charge on any atom is 0.127 e. The molecular formula is C15H21FN2O2S. The lowest BCUT2D eigenvalue weighted by Gasteiger charge is -2.39. The molecule has 0 aliphatic carbocycles. The largest absolute Gasteiger partial charge is 0.313 e. The van der Waals surface area contributed by atoms with Crippen LogP contribution >= 0.6 is 10.6 Å². The van der Waals surface area contributed by atoms with Crippen LogP contribution in [0.4, 0.5) is 4.39 Å². The van der Waals surface area contributed by atoms with Crippen LogP contribution < -0.4 is 5.32 Å². The highest BCUT2D eigenvalue weighted by molar-refractivity contribution is 8.24. The maximum absolute atomic E-state index is 13.6. The van der Waals surface area contributed by atoms with Crippen molar-refractivity contribution in [2.45, 2.75) is 25.8 Å². The van der Waals surface area contributed by atoms with Crippen LogP contribution in [0, 0.1) is 23.1 Å². The summed E-state index contributed by atoms with van der Waals surface area (Å²) in [6.45, 7) is 1.17. The summed E-state index contributed by atoms with van der Waals surface area (Å²) in [5.74, 6) is 1.23. The van der Waals surface area contributed by atoms with Crippen molar-refractivity contribution in [3.63, 3.8) is 0 Å².